The van der Waals surface area contributed by atoms with E-state index >= 15 is 0 Å². The zero-order valence-corrected chi connectivity index (χ0v) is 18.8. The number of benzene rings is 1. The summed E-state index contributed by atoms with van der Waals surface area (Å²) in [5, 5.41) is 0. The molecule has 172 valence electrons. The van der Waals surface area contributed by atoms with Crippen molar-refractivity contribution in [2.24, 2.45) is 5.92 Å². The Morgan fingerprint density at radius 2 is 1.34 bits per heavy atom. The first-order valence-electron chi connectivity index (χ1n) is 11.3. The number of hydrogen-bond donors (Lipinski definition) is 0. The van der Waals surface area contributed by atoms with Crippen molar-refractivity contribution in [1.29, 1.82) is 0 Å². The van der Waals surface area contributed by atoms with E-state index in [9.17, 15) is 24.0 Å². The zero-order chi connectivity index (χ0) is 23.3. The first kappa shape index (κ1) is 23.6. The number of Topliss-reactive ketones (excluding diaryl/α,β-unsaturated/α-hetero) is 1. The highest BCUT2D eigenvalue weighted by Gasteiger charge is 2.33. The Bertz CT molecular complexity index is 869. The Morgan fingerprint density at radius 3 is 1.88 bits per heavy atom. The van der Waals surface area contributed by atoms with Crippen LogP contribution in [0.5, 0.6) is 0 Å². The van der Waals surface area contributed by atoms with E-state index in [0.29, 0.717) is 37.7 Å². The number of carbonyl (C=O) groups excluding carboxylic acids is 5. The topological polar surface area (TPSA) is 95.1 Å². The van der Waals surface area contributed by atoms with Gasteiger partial charge >= 0.3 is 0 Å². The van der Waals surface area contributed by atoms with E-state index in [1.165, 1.54) is 5.56 Å². The van der Waals surface area contributed by atoms with E-state index in [0.717, 1.165) is 11.3 Å². The lowest BCUT2D eigenvalue weighted by Crippen LogP contribution is -2.53. The molecule has 0 saturated carbocycles. The largest absolute Gasteiger partial charge is 0.339 e. The average Bonchev–Trinajstić information content (AvgIpc) is 3.09. The predicted octanol–water partition coefficient (Wildman–Crippen LogP) is 1.67. The van der Waals surface area contributed by atoms with Gasteiger partial charge < -0.3 is 9.80 Å². The van der Waals surface area contributed by atoms with E-state index < -0.39 is 0 Å². The fraction of sp³-hybridized carbons (Fsp3) is 0.542. The van der Waals surface area contributed by atoms with Gasteiger partial charge in [0.25, 0.3) is 0 Å². The number of likely N-dealkylation sites (tertiary alicyclic amines) is 1. The van der Waals surface area contributed by atoms with E-state index in [1.807, 2.05) is 24.3 Å². The molecule has 8 heteroatoms. The minimum Gasteiger partial charge on any atom is -0.339 e. The van der Waals surface area contributed by atoms with Crippen LogP contribution >= 0.6 is 0 Å². The Labute approximate surface area is 188 Å². The second-order valence-corrected chi connectivity index (χ2v) is 8.85. The molecule has 4 amide bonds. The monoisotopic (exact) mass is 441 g/mol. The first-order chi connectivity index (χ1) is 15.2. The maximum atomic E-state index is 12.5. The highest BCUT2D eigenvalue weighted by atomic mass is 16.2. The third kappa shape index (κ3) is 6.02. The van der Waals surface area contributed by atoms with Crippen molar-refractivity contribution in [3.05, 3.63) is 35.4 Å². The molecule has 2 fully saturated rings. The van der Waals surface area contributed by atoms with Crippen LogP contribution in [0.15, 0.2) is 24.3 Å². The van der Waals surface area contributed by atoms with Gasteiger partial charge in [0.1, 0.15) is 6.54 Å². The van der Waals surface area contributed by atoms with Crippen molar-refractivity contribution in [3.63, 3.8) is 0 Å². The quantitative estimate of drug-likeness (QED) is 0.452. The zero-order valence-electron chi connectivity index (χ0n) is 18.8. The number of rotatable bonds is 8. The van der Waals surface area contributed by atoms with Crippen LogP contribution in [0.4, 0.5) is 0 Å². The average molecular weight is 442 g/mol. The Hall–Kier alpha value is -3.03. The van der Waals surface area contributed by atoms with Gasteiger partial charge in [-0.1, -0.05) is 38.1 Å². The maximum Gasteiger partial charge on any atom is 0.242 e. The molecule has 0 radical (unpaired) electrons. The molecule has 0 unspecified atom stereocenters. The SMILES string of the molecule is CC(C)Cc1ccc(C(=O)CCC(=O)N2CCN(C(=O)CN3C(=O)CCC3=O)CC2)cc1. The molecule has 2 heterocycles. The number of ketones is 1. The summed E-state index contributed by atoms with van der Waals surface area (Å²) >= 11 is 0. The van der Waals surface area contributed by atoms with Crippen molar-refractivity contribution in [2.75, 3.05) is 32.7 Å². The smallest absolute Gasteiger partial charge is 0.242 e. The number of amides is 4. The fourth-order valence-corrected chi connectivity index (χ4v) is 4.06. The highest BCUT2D eigenvalue weighted by Crippen LogP contribution is 2.14. The summed E-state index contributed by atoms with van der Waals surface area (Å²) < 4.78 is 0. The molecule has 2 saturated heterocycles. The minimum atomic E-state index is -0.309. The molecule has 1 aromatic carbocycles. The number of imide groups is 1. The second-order valence-electron chi connectivity index (χ2n) is 8.85. The molecule has 0 aliphatic carbocycles. The van der Waals surface area contributed by atoms with Crippen LogP contribution in [0, 0.1) is 5.92 Å². The van der Waals surface area contributed by atoms with Crippen LogP contribution in [0.1, 0.15) is 55.5 Å². The minimum absolute atomic E-state index is 0.0526. The van der Waals surface area contributed by atoms with Gasteiger partial charge in [0.2, 0.25) is 23.6 Å². The fourth-order valence-electron chi connectivity index (χ4n) is 4.06. The van der Waals surface area contributed by atoms with Crippen LogP contribution in [0.2, 0.25) is 0 Å². The molecule has 2 aliphatic rings. The highest BCUT2D eigenvalue weighted by molar-refractivity contribution is 6.04. The van der Waals surface area contributed by atoms with Crippen LogP contribution in [-0.2, 0) is 25.6 Å². The van der Waals surface area contributed by atoms with Gasteiger partial charge in [0.05, 0.1) is 0 Å². The molecule has 3 rings (SSSR count). The molecule has 8 nitrogen and oxygen atoms in total. The van der Waals surface area contributed by atoms with E-state index in [4.69, 9.17) is 0 Å². The van der Waals surface area contributed by atoms with Crippen LogP contribution < -0.4 is 0 Å². The van der Waals surface area contributed by atoms with Gasteiger partial charge in [-0.2, -0.15) is 0 Å². The number of nitrogens with zero attached hydrogens (tertiary/aromatic N) is 3. The molecular weight excluding hydrogens is 410 g/mol. The van der Waals surface area contributed by atoms with Gasteiger partial charge in [-0.25, -0.2) is 0 Å². The van der Waals surface area contributed by atoms with Crippen LogP contribution in [-0.4, -0.2) is 76.8 Å². The number of piperazine rings is 1. The second kappa shape index (κ2) is 10.5. The standard InChI is InChI=1S/C24H31N3O5/c1-17(2)15-18-3-5-19(6-4-18)20(28)7-8-21(29)25-11-13-26(14-12-25)24(32)16-27-22(30)9-10-23(27)31/h3-6,17H,7-16H2,1-2H3. The lowest BCUT2D eigenvalue weighted by Gasteiger charge is -2.35. The Balaban J connectivity index is 1.41. The third-order valence-electron chi connectivity index (χ3n) is 5.92. The Kier molecular flexibility index (Phi) is 7.77. The van der Waals surface area contributed by atoms with Crippen molar-refractivity contribution in [3.8, 4) is 0 Å². The lowest BCUT2D eigenvalue weighted by molar-refractivity contribution is -0.147. The summed E-state index contributed by atoms with van der Waals surface area (Å²) in [5.74, 6) is -0.505. The summed E-state index contributed by atoms with van der Waals surface area (Å²) in [6.45, 7) is 5.54. The van der Waals surface area contributed by atoms with Crippen molar-refractivity contribution >= 4 is 29.4 Å². The molecular formula is C24H31N3O5. The third-order valence-corrected chi connectivity index (χ3v) is 5.92. The summed E-state index contributed by atoms with van der Waals surface area (Å²) in [4.78, 5) is 65.0. The molecule has 0 aromatic heterocycles. The van der Waals surface area contributed by atoms with Gasteiger partial charge in [-0.05, 0) is 17.9 Å². The van der Waals surface area contributed by atoms with Gasteiger partial charge in [0, 0.05) is 57.4 Å². The summed E-state index contributed by atoms with van der Waals surface area (Å²) in [5.41, 5.74) is 1.81. The lowest BCUT2D eigenvalue weighted by atomic mass is 9.99. The van der Waals surface area contributed by atoms with E-state index in [-0.39, 0.29) is 61.6 Å². The van der Waals surface area contributed by atoms with Gasteiger partial charge in [-0.15, -0.1) is 0 Å². The molecule has 0 bridgehead atoms. The van der Waals surface area contributed by atoms with Crippen molar-refractivity contribution in [2.45, 2.75) is 46.0 Å². The van der Waals surface area contributed by atoms with Crippen LogP contribution in [0.3, 0.4) is 0 Å². The summed E-state index contributed by atoms with van der Waals surface area (Å²) in [7, 11) is 0. The van der Waals surface area contributed by atoms with E-state index in [2.05, 4.69) is 13.8 Å². The van der Waals surface area contributed by atoms with Crippen LogP contribution in [0.25, 0.3) is 0 Å². The maximum absolute atomic E-state index is 12.5. The summed E-state index contributed by atoms with van der Waals surface area (Å²) in [6.07, 6.45) is 1.58. The number of carbonyl (C=O) groups is 5. The van der Waals surface area contributed by atoms with Gasteiger partial charge in [-0.3, -0.25) is 28.9 Å². The molecule has 32 heavy (non-hydrogen) atoms. The molecule has 0 atom stereocenters. The predicted molar refractivity (Wildman–Crippen MR) is 118 cm³/mol. The Morgan fingerprint density at radius 1 is 0.812 bits per heavy atom. The van der Waals surface area contributed by atoms with E-state index in [1.54, 1.807) is 9.80 Å². The molecule has 2 aliphatic heterocycles. The first-order valence-corrected chi connectivity index (χ1v) is 11.3. The molecule has 0 N–H and O–H groups in total. The summed E-state index contributed by atoms with van der Waals surface area (Å²) in [6, 6.07) is 7.58. The van der Waals surface area contributed by atoms with Crippen molar-refractivity contribution < 1.29 is 24.0 Å². The number of hydrogen-bond acceptors (Lipinski definition) is 5. The van der Waals surface area contributed by atoms with Gasteiger partial charge in [0.15, 0.2) is 5.78 Å². The molecule has 0 spiro atoms. The van der Waals surface area contributed by atoms with Crippen molar-refractivity contribution in [1.82, 2.24) is 14.7 Å². The normalized spacial score (nSPS) is 16.8. The molecule has 1 aromatic rings.